The van der Waals surface area contributed by atoms with Crippen LogP contribution in [0.15, 0.2) is 0 Å². The Labute approximate surface area is 165 Å². The lowest BCUT2D eigenvalue weighted by Gasteiger charge is -2.59. The lowest BCUT2D eigenvalue weighted by Crippen LogP contribution is -2.80. The SMILES string of the molecule is CC(O)C(O)C1CC2NC(C(O)C(C)O)CC3NC(C(O)C(C)O)CC(N1)N32. The topological polar surface area (TPSA) is 161 Å². The van der Waals surface area contributed by atoms with E-state index in [2.05, 4.69) is 20.9 Å². The quantitative estimate of drug-likeness (QED) is 0.218. The maximum atomic E-state index is 10.4. The van der Waals surface area contributed by atoms with Crippen LogP contribution in [0.2, 0.25) is 0 Å². The number of hydrogen-bond donors (Lipinski definition) is 9. The van der Waals surface area contributed by atoms with Gasteiger partial charge in [-0.25, -0.2) is 0 Å². The van der Waals surface area contributed by atoms with Gasteiger partial charge in [-0.2, -0.15) is 0 Å². The van der Waals surface area contributed by atoms with Gasteiger partial charge in [0, 0.05) is 18.1 Å². The highest BCUT2D eigenvalue weighted by Gasteiger charge is 2.51. The van der Waals surface area contributed by atoms with E-state index in [9.17, 15) is 30.6 Å². The molecule has 28 heavy (non-hydrogen) atoms. The molecule has 12 atom stereocenters. The molecule has 3 heterocycles. The first kappa shape index (κ1) is 22.3. The highest BCUT2D eigenvalue weighted by Crippen LogP contribution is 2.33. The van der Waals surface area contributed by atoms with E-state index < -0.39 is 36.6 Å². The van der Waals surface area contributed by atoms with Crippen molar-refractivity contribution in [2.75, 3.05) is 0 Å². The van der Waals surface area contributed by atoms with E-state index in [1.165, 1.54) is 20.8 Å². The van der Waals surface area contributed by atoms with Gasteiger partial charge in [0.1, 0.15) is 0 Å². The fraction of sp³-hybridized carbons (Fsp3) is 1.00. The molecule has 3 rings (SSSR count). The minimum atomic E-state index is -0.959. The van der Waals surface area contributed by atoms with Crippen molar-refractivity contribution in [2.45, 2.75) is 113 Å². The lowest BCUT2D eigenvalue weighted by atomic mass is 9.86. The molecule has 0 aromatic heterocycles. The summed E-state index contributed by atoms with van der Waals surface area (Å²) in [4.78, 5) is 2.18. The van der Waals surface area contributed by atoms with Gasteiger partial charge in [-0.1, -0.05) is 0 Å². The van der Waals surface area contributed by atoms with Crippen LogP contribution in [0.4, 0.5) is 0 Å². The summed E-state index contributed by atoms with van der Waals surface area (Å²) in [5, 5.41) is 70.9. The summed E-state index contributed by atoms with van der Waals surface area (Å²) < 4.78 is 0. The molecule has 3 aliphatic heterocycles. The summed E-state index contributed by atoms with van der Waals surface area (Å²) in [5.41, 5.74) is 0. The van der Waals surface area contributed by atoms with Gasteiger partial charge in [0.2, 0.25) is 0 Å². The molecule has 0 aliphatic carbocycles. The minimum Gasteiger partial charge on any atom is -0.391 e. The van der Waals surface area contributed by atoms with E-state index >= 15 is 0 Å². The van der Waals surface area contributed by atoms with Gasteiger partial charge < -0.3 is 30.6 Å². The molecule has 10 nitrogen and oxygen atoms in total. The van der Waals surface area contributed by atoms with Crippen LogP contribution >= 0.6 is 0 Å². The van der Waals surface area contributed by atoms with Gasteiger partial charge in [0.05, 0.1) is 55.1 Å². The van der Waals surface area contributed by atoms with E-state index in [0.717, 1.165) is 0 Å². The molecule has 0 saturated carbocycles. The summed E-state index contributed by atoms with van der Waals surface area (Å²) >= 11 is 0. The van der Waals surface area contributed by atoms with Crippen LogP contribution in [0.3, 0.4) is 0 Å². The summed E-state index contributed by atoms with van der Waals surface area (Å²) in [7, 11) is 0. The number of rotatable bonds is 6. The van der Waals surface area contributed by atoms with Gasteiger partial charge in [-0.3, -0.25) is 20.9 Å². The zero-order valence-corrected chi connectivity index (χ0v) is 16.7. The van der Waals surface area contributed by atoms with E-state index in [-0.39, 0.29) is 36.6 Å². The van der Waals surface area contributed by atoms with Crippen LogP contribution in [-0.4, -0.2) is 109 Å². The molecule has 0 aromatic rings. The molecule has 0 amide bonds. The Morgan fingerprint density at radius 3 is 1.04 bits per heavy atom. The summed E-state index contributed by atoms with van der Waals surface area (Å²) in [6.45, 7) is 4.62. The Bertz CT molecular complexity index is 435. The summed E-state index contributed by atoms with van der Waals surface area (Å²) in [5.74, 6) is 0. The van der Waals surface area contributed by atoms with Gasteiger partial charge in [-0.15, -0.1) is 0 Å². The van der Waals surface area contributed by atoms with Crippen LogP contribution in [0.25, 0.3) is 0 Å². The molecule has 3 fully saturated rings. The van der Waals surface area contributed by atoms with Crippen molar-refractivity contribution in [1.82, 2.24) is 20.9 Å². The highest BCUT2D eigenvalue weighted by atomic mass is 16.3. The van der Waals surface area contributed by atoms with Crippen LogP contribution in [-0.2, 0) is 0 Å². The fourth-order valence-electron chi connectivity index (χ4n) is 4.87. The second-order valence-electron chi connectivity index (χ2n) is 8.71. The first-order chi connectivity index (χ1) is 13.1. The second-order valence-corrected chi connectivity index (χ2v) is 8.71. The monoisotopic (exact) mass is 404 g/mol. The molecular weight excluding hydrogens is 368 g/mol. The Balaban J connectivity index is 1.84. The van der Waals surface area contributed by atoms with Crippen LogP contribution in [0, 0.1) is 0 Å². The highest BCUT2D eigenvalue weighted by molar-refractivity contribution is 5.05. The third-order valence-corrected chi connectivity index (χ3v) is 6.45. The largest absolute Gasteiger partial charge is 0.391 e. The number of aliphatic hydroxyl groups excluding tert-OH is 6. The second kappa shape index (κ2) is 8.76. The van der Waals surface area contributed by atoms with Crippen molar-refractivity contribution >= 4 is 0 Å². The van der Waals surface area contributed by atoms with Gasteiger partial charge in [0.15, 0.2) is 0 Å². The lowest BCUT2D eigenvalue weighted by molar-refractivity contribution is -0.141. The Morgan fingerprint density at radius 1 is 0.571 bits per heavy atom. The molecule has 164 valence electrons. The predicted molar refractivity (Wildman–Crippen MR) is 101 cm³/mol. The van der Waals surface area contributed by atoms with Gasteiger partial charge in [0.25, 0.3) is 0 Å². The Hall–Kier alpha value is -0.400. The van der Waals surface area contributed by atoms with Crippen molar-refractivity contribution in [3.63, 3.8) is 0 Å². The molecule has 0 radical (unpaired) electrons. The summed E-state index contributed by atoms with van der Waals surface area (Å²) in [6.07, 6.45) is -4.60. The maximum Gasteiger partial charge on any atom is 0.0950 e. The molecule has 10 heteroatoms. The normalized spacial score (nSPS) is 42.8. The van der Waals surface area contributed by atoms with Crippen LogP contribution in [0.5, 0.6) is 0 Å². The third kappa shape index (κ3) is 4.36. The minimum absolute atomic E-state index is 0.182. The number of nitrogens with zero attached hydrogens (tertiary/aromatic N) is 1. The van der Waals surface area contributed by atoms with Crippen LogP contribution in [0.1, 0.15) is 40.0 Å². The van der Waals surface area contributed by atoms with Crippen molar-refractivity contribution in [3.05, 3.63) is 0 Å². The van der Waals surface area contributed by atoms with E-state index in [4.69, 9.17) is 0 Å². The smallest absolute Gasteiger partial charge is 0.0950 e. The van der Waals surface area contributed by atoms with Gasteiger partial charge >= 0.3 is 0 Å². The average molecular weight is 405 g/mol. The van der Waals surface area contributed by atoms with E-state index in [0.29, 0.717) is 19.3 Å². The summed E-state index contributed by atoms with van der Waals surface area (Å²) in [6, 6.07) is -1.11. The van der Waals surface area contributed by atoms with Crippen molar-refractivity contribution in [1.29, 1.82) is 0 Å². The van der Waals surface area contributed by atoms with E-state index in [1.807, 2.05) is 0 Å². The first-order valence-corrected chi connectivity index (χ1v) is 10.2. The maximum absolute atomic E-state index is 10.4. The molecule has 0 bridgehead atoms. The number of hydrogen-bond acceptors (Lipinski definition) is 10. The number of nitrogens with one attached hydrogen (secondary N) is 3. The third-order valence-electron chi connectivity index (χ3n) is 6.45. The molecule has 3 aliphatic rings. The average Bonchev–Trinajstić information content (AvgIpc) is 2.64. The number of aliphatic hydroxyl groups is 6. The van der Waals surface area contributed by atoms with Crippen molar-refractivity contribution < 1.29 is 30.6 Å². The zero-order valence-electron chi connectivity index (χ0n) is 16.7. The first-order valence-electron chi connectivity index (χ1n) is 10.2. The predicted octanol–water partition coefficient (Wildman–Crippen LogP) is -3.42. The zero-order chi connectivity index (χ0) is 20.7. The van der Waals surface area contributed by atoms with Gasteiger partial charge in [-0.05, 0) is 40.0 Å². The molecule has 12 unspecified atom stereocenters. The molecule has 9 N–H and O–H groups in total. The Morgan fingerprint density at radius 2 is 0.821 bits per heavy atom. The molecular formula is C18H36N4O6. The standard InChI is InChI=1S/C18H36N4O6/c1-7(23)16(26)10-4-13-20-12(18(28)9(3)25)6-15-21-11(17(27)8(2)24)5-14(19-10)22(13)15/h7-21,23-28H,4-6H2,1-3H3. The molecule has 0 spiro atoms. The van der Waals surface area contributed by atoms with Crippen LogP contribution < -0.4 is 16.0 Å². The fourth-order valence-corrected chi connectivity index (χ4v) is 4.87. The van der Waals surface area contributed by atoms with Crippen molar-refractivity contribution in [2.24, 2.45) is 0 Å². The molecule has 0 aromatic carbocycles. The van der Waals surface area contributed by atoms with E-state index in [1.54, 1.807) is 0 Å². The Kier molecular flexibility index (Phi) is 6.98. The van der Waals surface area contributed by atoms with Crippen molar-refractivity contribution in [3.8, 4) is 0 Å². The molecule has 3 saturated heterocycles.